The van der Waals surface area contributed by atoms with Crippen LogP contribution in [0.1, 0.15) is 35.3 Å². The standard InChI is InChI=1S/C23H31N3O4S/c1-17-5-8-20(15-18(17)2)25-31(28,29)21-9-6-19(7-10-21)22(27)24-16-23(3,4)26-11-13-30-14-12-26/h5-10,15,25H,11-14,16H2,1-4H3,(H,24,27). The quantitative estimate of drug-likeness (QED) is 0.684. The fraction of sp³-hybridized carbons (Fsp3) is 0.435. The van der Waals surface area contributed by atoms with Gasteiger partial charge in [-0.2, -0.15) is 0 Å². The maximum absolute atomic E-state index is 12.7. The summed E-state index contributed by atoms with van der Waals surface area (Å²) in [6, 6.07) is 11.4. The van der Waals surface area contributed by atoms with E-state index in [0.717, 1.165) is 24.2 Å². The zero-order valence-electron chi connectivity index (χ0n) is 18.6. The van der Waals surface area contributed by atoms with Crippen LogP contribution in [-0.2, 0) is 14.8 Å². The van der Waals surface area contributed by atoms with E-state index in [1.165, 1.54) is 24.3 Å². The van der Waals surface area contributed by atoms with Crippen LogP contribution in [0.3, 0.4) is 0 Å². The molecule has 1 fully saturated rings. The number of anilines is 1. The van der Waals surface area contributed by atoms with E-state index in [4.69, 9.17) is 4.74 Å². The van der Waals surface area contributed by atoms with Crippen molar-refractivity contribution in [3.63, 3.8) is 0 Å². The molecule has 2 N–H and O–H groups in total. The van der Waals surface area contributed by atoms with E-state index >= 15 is 0 Å². The Bertz CT molecular complexity index is 1030. The van der Waals surface area contributed by atoms with Gasteiger partial charge in [-0.15, -0.1) is 0 Å². The van der Waals surface area contributed by atoms with E-state index < -0.39 is 10.0 Å². The second-order valence-electron chi connectivity index (χ2n) is 8.52. The molecule has 0 radical (unpaired) electrons. The smallest absolute Gasteiger partial charge is 0.261 e. The van der Waals surface area contributed by atoms with Crippen molar-refractivity contribution < 1.29 is 17.9 Å². The Hall–Kier alpha value is -2.42. The zero-order valence-corrected chi connectivity index (χ0v) is 19.4. The molecule has 0 aromatic heterocycles. The van der Waals surface area contributed by atoms with Gasteiger partial charge in [0.1, 0.15) is 0 Å². The molecular weight excluding hydrogens is 414 g/mol. The molecule has 7 nitrogen and oxygen atoms in total. The minimum Gasteiger partial charge on any atom is -0.379 e. The highest BCUT2D eigenvalue weighted by molar-refractivity contribution is 7.92. The maximum atomic E-state index is 12.7. The number of carbonyl (C=O) groups is 1. The highest BCUT2D eigenvalue weighted by atomic mass is 32.2. The van der Waals surface area contributed by atoms with Crippen molar-refractivity contribution in [2.24, 2.45) is 0 Å². The number of hydrogen-bond donors (Lipinski definition) is 2. The van der Waals surface area contributed by atoms with Gasteiger partial charge in [0.15, 0.2) is 0 Å². The van der Waals surface area contributed by atoms with E-state index in [-0.39, 0.29) is 16.3 Å². The van der Waals surface area contributed by atoms with Crippen LogP contribution < -0.4 is 10.0 Å². The molecule has 0 aliphatic carbocycles. The largest absolute Gasteiger partial charge is 0.379 e. The average Bonchev–Trinajstić information content (AvgIpc) is 2.75. The number of amides is 1. The van der Waals surface area contributed by atoms with Crippen molar-refractivity contribution in [1.82, 2.24) is 10.2 Å². The van der Waals surface area contributed by atoms with Crippen molar-refractivity contribution in [1.29, 1.82) is 0 Å². The first-order valence-corrected chi connectivity index (χ1v) is 11.9. The number of carbonyl (C=O) groups excluding carboxylic acids is 1. The monoisotopic (exact) mass is 445 g/mol. The van der Waals surface area contributed by atoms with Gasteiger partial charge in [0, 0.05) is 36.4 Å². The van der Waals surface area contributed by atoms with Crippen LogP contribution in [0.4, 0.5) is 5.69 Å². The molecule has 31 heavy (non-hydrogen) atoms. The Kier molecular flexibility index (Phi) is 7.03. The van der Waals surface area contributed by atoms with Crippen LogP contribution in [0.25, 0.3) is 0 Å². The topological polar surface area (TPSA) is 87.7 Å². The Morgan fingerprint density at radius 2 is 1.68 bits per heavy atom. The van der Waals surface area contributed by atoms with Crippen LogP contribution in [0.2, 0.25) is 0 Å². The molecule has 2 aromatic rings. The second-order valence-corrected chi connectivity index (χ2v) is 10.2. The number of nitrogens with zero attached hydrogens (tertiary/aromatic N) is 1. The van der Waals surface area contributed by atoms with E-state index in [0.29, 0.717) is 31.0 Å². The molecule has 8 heteroatoms. The normalized spacial score (nSPS) is 15.5. The Morgan fingerprint density at radius 1 is 1.03 bits per heavy atom. The van der Waals surface area contributed by atoms with Crippen LogP contribution in [0.5, 0.6) is 0 Å². The first kappa shape index (κ1) is 23.2. The number of benzene rings is 2. The van der Waals surface area contributed by atoms with Gasteiger partial charge >= 0.3 is 0 Å². The minimum atomic E-state index is -3.74. The summed E-state index contributed by atoms with van der Waals surface area (Å²) in [6.45, 7) is 11.6. The fourth-order valence-electron chi connectivity index (χ4n) is 3.48. The van der Waals surface area contributed by atoms with Crippen LogP contribution in [-0.4, -0.2) is 57.6 Å². The van der Waals surface area contributed by atoms with Crippen molar-refractivity contribution in [3.05, 3.63) is 59.2 Å². The Morgan fingerprint density at radius 3 is 2.29 bits per heavy atom. The number of aryl methyl sites for hydroxylation is 2. The molecule has 0 bridgehead atoms. The number of sulfonamides is 1. The lowest BCUT2D eigenvalue weighted by molar-refractivity contribution is -0.00923. The molecule has 0 spiro atoms. The zero-order chi connectivity index (χ0) is 22.6. The molecule has 1 amide bonds. The fourth-order valence-corrected chi connectivity index (χ4v) is 4.53. The summed E-state index contributed by atoms with van der Waals surface area (Å²) in [6.07, 6.45) is 0. The number of ether oxygens (including phenoxy) is 1. The lowest BCUT2D eigenvalue weighted by Gasteiger charge is -2.40. The molecule has 1 aliphatic rings. The van der Waals surface area contributed by atoms with Crippen molar-refractivity contribution >= 4 is 21.6 Å². The third-order valence-electron chi connectivity index (χ3n) is 5.73. The van der Waals surface area contributed by atoms with Crippen molar-refractivity contribution in [2.45, 2.75) is 38.1 Å². The van der Waals surface area contributed by atoms with Gasteiger partial charge in [-0.25, -0.2) is 8.42 Å². The maximum Gasteiger partial charge on any atom is 0.261 e. The molecule has 0 unspecified atom stereocenters. The van der Waals surface area contributed by atoms with Gasteiger partial charge in [0.25, 0.3) is 15.9 Å². The predicted molar refractivity (Wildman–Crippen MR) is 122 cm³/mol. The third-order valence-corrected chi connectivity index (χ3v) is 7.13. The third kappa shape index (κ3) is 5.84. The van der Waals surface area contributed by atoms with Gasteiger partial charge in [0.05, 0.1) is 18.1 Å². The molecule has 168 valence electrons. The summed E-state index contributed by atoms with van der Waals surface area (Å²) in [5.74, 6) is -0.229. The summed E-state index contributed by atoms with van der Waals surface area (Å²) in [5.41, 5.74) is 2.83. The molecule has 3 rings (SSSR count). The number of nitrogens with one attached hydrogen (secondary N) is 2. The van der Waals surface area contributed by atoms with Crippen molar-refractivity contribution in [2.75, 3.05) is 37.6 Å². The predicted octanol–water partition coefficient (Wildman–Crippen LogP) is 2.94. The summed E-state index contributed by atoms with van der Waals surface area (Å²) in [7, 11) is -3.74. The highest BCUT2D eigenvalue weighted by Gasteiger charge is 2.28. The van der Waals surface area contributed by atoms with E-state index in [1.54, 1.807) is 12.1 Å². The van der Waals surface area contributed by atoms with Crippen molar-refractivity contribution in [3.8, 4) is 0 Å². The summed E-state index contributed by atoms with van der Waals surface area (Å²) in [5, 5.41) is 2.96. The van der Waals surface area contributed by atoms with Gasteiger partial charge in [0.2, 0.25) is 0 Å². The van der Waals surface area contributed by atoms with Gasteiger partial charge < -0.3 is 10.1 Å². The molecule has 1 heterocycles. The Balaban J connectivity index is 1.63. The molecule has 1 saturated heterocycles. The SMILES string of the molecule is Cc1ccc(NS(=O)(=O)c2ccc(C(=O)NCC(C)(C)N3CCOCC3)cc2)cc1C. The first-order chi connectivity index (χ1) is 14.6. The lowest BCUT2D eigenvalue weighted by atomic mass is 10.0. The molecular formula is C23H31N3O4S. The average molecular weight is 446 g/mol. The van der Waals surface area contributed by atoms with E-state index in [9.17, 15) is 13.2 Å². The molecule has 0 saturated carbocycles. The molecule has 2 aromatic carbocycles. The second kappa shape index (κ2) is 9.38. The minimum absolute atomic E-state index is 0.107. The molecule has 0 atom stereocenters. The van der Waals surface area contributed by atoms with Gasteiger partial charge in [-0.3, -0.25) is 14.4 Å². The first-order valence-electron chi connectivity index (χ1n) is 10.4. The van der Waals surface area contributed by atoms with Gasteiger partial charge in [-0.05, 0) is 75.2 Å². The highest BCUT2D eigenvalue weighted by Crippen LogP contribution is 2.20. The van der Waals surface area contributed by atoms with Gasteiger partial charge in [-0.1, -0.05) is 6.07 Å². The van der Waals surface area contributed by atoms with Crippen LogP contribution in [0, 0.1) is 13.8 Å². The number of hydrogen-bond acceptors (Lipinski definition) is 5. The van der Waals surface area contributed by atoms with Crippen LogP contribution in [0.15, 0.2) is 47.4 Å². The number of rotatable bonds is 7. The summed E-state index contributed by atoms with van der Waals surface area (Å²) >= 11 is 0. The van der Waals surface area contributed by atoms with E-state index in [1.807, 2.05) is 19.9 Å². The Labute approximate surface area is 184 Å². The van der Waals surface area contributed by atoms with Crippen LogP contribution >= 0.6 is 0 Å². The summed E-state index contributed by atoms with van der Waals surface area (Å²) in [4.78, 5) is 15.0. The number of morpholine rings is 1. The molecule has 1 aliphatic heterocycles. The summed E-state index contributed by atoms with van der Waals surface area (Å²) < 4.78 is 33.3. The lowest BCUT2D eigenvalue weighted by Crippen LogP contribution is -2.55. The van der Waals surface area contributed by atoms with E-state index in [2.05, 4.69) is 28.8 Å².